The third kappa shape index (κ3) is 3.25. The summed E-state index contributed by atoms with van der Waals surface area (Å²) in [6, 6.07) is 19.4. The predicted octanol–water partition coefficient (Wildman–Crippen LogP) is 3.50. The number of hydrogen-bond acceptors (Lipinski definition) is 5. The Kier molecular flexibility index (Phi) is 4.55. The minimum Gasteiger partial charge on any atom is -0.486 e. The number of anilines is 1. The van der Waals surface area contributed by atoms with Crippen molar-refractivity contribution < 1.29 is 17.9 Å². The molecule has 0 saturated heterocycles. The fraction of sp³-hybridized carbons (Fsp3) is 0.136. The zero-order valence-corrected chi connectivity index (χ0v) is 16.8. The topological polar surface area (TPSA) is 73.1 Å². The van der Waals surface area contributed by atoms with Crippen LogP contribution in [0.25, 0.3) is 5.65 Å². The molecule has 2 aromatic carbocycles. The molecule has 2 aromatic heterocycles. The Morgan fingerprint density at radius 1 is 0.933 bits per heavy atom. The number of ether oxygens (including phenoxy) is 2. The summed E-state index contributed by atoms with van der Waals surface area (Å²) in [5, 5.41) is 0. The molecule has 7 nitrogen and oxygen atoms in total. The number of pyridine rings is 1. The minimum absolute atomic E-state index is 0.131. The van der Waals surface area contributed by atoms with Crippen LogP contribution in [0.15, 0.2) is 84.0 Å². The van der Waals surface area contributed by atoms with E-state index in [0.29, 0.717) is 30.4 Å². The quantitative estimate of drug-likeness (QED) is 0.493. The van der Waals surface area contributed by atoms with E-state index in [-0.39, 0.29) is 11.4 Å². The van der Waals surface area contributed by atoms with E-state index in [1.165, 1.54) is 10.4 Å². The lowest BCUT2D eigenvalue weighted by Gasteiger charge is -2.25. The Labute approximate surface area is 174 Å². The number of nitrogens with zero attached hydrogens (tertiary/aromatic N) is 3. The van der Waals surface area contributed by atoms with Gasteiger partial charge in [0.25, 0.3) is 10.0 Å². The first kappa shape index (κ1) is 18.5. The molecule has 1 aliphatic rings. The van der Waals surface area contributed by atoms with Gasteiger partial charge >= 0.3 is 0 Å². The van der Waals surface area contributed by atoms with E-state index in [9.17, 15) is 8.42 Å². The number of para-hydroxylation sites is 1. The number of fused-ring (bicyclic) bond motifs is 2. The summed E-state index contributed by atoms with van der Waals surface area (Å²) in [5.74, 6) is 0.985. The largest absolute Gasteiger partial charge is 0.486 e. The summed E-state index contributed by atoms with van der Waals surface area (Å²) < 4.78 is 41.7. The van der Waals surface area contributed by atoms with Crippen molar-refractivity contribution in [3.63, 3.8) is 0 Å². The van der Waals surface area contributed by atoms with Crippen molar-refractivity contribution in [1.29, 1.82) is 0 Å². The Morgan fingerprint density at radius 2 is 1.70 bits per heavy atom. The first-order valence-corrected chi connectivity index (χ1v) is 11.0. The second kappa shape index (κ2) is 7.38. The van der Waals surface area contributed by atoms with E-state index in [0.717, 1.165) is 11.3 Å². The zero-order chi connectivity index (χ0) is 20.6. The van der Waals surface area contributed by atoms with Gasteiger partial charge in [-0.1, -0.05) is 24.3 Å². The van der Waals surface area contributed by atoms with E-state index in [2.05, 4.69) is 4.98 Å². The molecular formula is C22H19N3O4S. The molecule has 5 rings (SSSR count). The Hall–Kier alpha value is -3.52. The molecule has 152 valence electrons. The van der Waals surface area contributed by atoms with Crippen molar-refractivity contribution in [2.45, 2.75) is 11.4 Å². The first-order valence-electron chi connectivity index (χ1n) is 9.51. The van der Waals surface area contributed by atoms with Crippen molar-refractivity contribution in [1.82, 2.24) is 9.38 Å². The van der Waals surface area contributed by atoms with Crippen LogP contribution in [0.3, 0.4) is 0 Å². The third-order valence-electron chi connectivity index (χ3n) is 4.95. The van der Waals surface area contributed by atoms with Gasteiger partial charge in [-0.2, -0.15) is 0 Å². The molecular weight excluding hydrogens is 402 g/mol. The molecule has 1 aliphatic heterocycles. The predicted molar refractivity (Wildman–Crippen MR) is 112 cm³/mol. The number of benzene rings is 2. The second-order valence-electron chi connectivity index (χ2n) is 6.83. The molecule has 0 aliphatic carbocycles. The van der Waals surface area contributed by atoms with E-state index in [4.69, 9.17) is 9.47 Å². The maximum Gasteiger partial charge on any atom is 0.264 e. The van der Waals surface area contributed by atoms with Crippen LogP contribution in [-0.2, 0) is 16.6 Å². The van der Waals surface area contributed by atoms with Gasteiger partial charge in [0, 0.05) is 12.3 Å². The van der Waals surface area contributed by atoms with Gasteiger partial charge in [0.1, 0.15) is 18.9 Å². The van der Waals surface area contributed by atoms with Crippen LogP contribution < -0.4 is 13.8 Å². The van der Waals surface area contributed by atoms with Gasteiger partial charge in [0.2, 0.25) is 0 Å². The minimum atomic E-state index is -3.88. The maximum absolute atomic E-state index is 13.7. The number of hydrogen-bond donors (Lipinski definition) is 0. The Morgan fingerprint density at radius 3 is 2.53 bits per heavy atom. The van der Waals surface area contributed by atoms with Crippen molar-refractivity contribution in [2.75, 3.05) is 17.5 Å². The van der Waals surface area contributed by atoms with Gasteiger partial charge in [-0.05, 0) is 36.4 Å². The van der Waals surface area contributed by atoms with Crippen LogP contribution in [0, 0.1) is 0 Å². The summed E-state index contributed by atoms with van der Waals surface area (Å²) in [6.45, 7) is 0.968. The van der Waals surface area contributed by atoms with Crippen LogP contribution >= 0.6 is 0 Å². The fourth-order valence-corrected chi connectivity index (χ4v) is 4.92. The summed E-state index contributed by atoms with van der Waals surface area (Å²) in [6.07, 6.45) is 3.57. The number of aromatic nitrogens is 2. The van der Waals surface area contributed by atoms with Gasteiger partial charge < -0.3 is 13.9 Å². The second-order valence-corrected chi connectivity index (χ2v) is 8.69. The van der Waals surface area contributed by atoms with Gasteiger partial charge in [-0.25, -0.2) is 13.4 Å². The molecule has 0 saturated carbocycles. The first-order chi connectivity index (χ1) is 14.6. The van der Waals surface area contributed by atoms with Crippen LogP contribution in [-0.4, -0.2) is 31.0 Å². The van der Waals surface area contributed by atoms with Crippen molar-refractivity contribution >= 4 is 21.4 Å². The molecule has 0 radical (unpaired) electrons. The highest BCUT2D eigenvalue weighted by molar-refractivity contribution is 7.92. The maximum atomic E-state index is 13.7. The summed E-state index contributed by atoms with van der Waals surface area (Å²) >= 11 is 0. The molecule has 8 heteroatoms. The highest BCUT2D eigenvalue weighted by Gasteiger charge is 2.28. The Bertz CT molecular complexity index is 1300. The number of sulfonamides is 1. The highest BCUT2D eigenvalue weighted by Crippen LogP contribution is 2.34. The molecule has 30 heavy (non-hydrogen) atoms. The van der Waals surface area contributed by atoms with Crippen LogP contribution in [0.4, 0.5) is 5.69 Å². The number of rotatable bonds is 5. The smallest absolute Gasteiger partial charge is 0.264 e. The standard InChI is InChI=1S/C22H19N3O4S/c26-30(27,19-9-10-20-21(14-19)29-13-12-28-20)25(17-6-2-1-3-7-17)16-18-15-23-22-8-4-5-11-24(18)22/h1-11,14-15H,12-13,16H2. The number of imidazole rings is 1. The Balaban J connectivity index is 1.59. The van der Waals surface area contributed by atoms with Crippen LogP contribution in [0.1, 0.15) is 5.69 Å². The van der Waals surface area contributed by atoms with Crippen LogP contribution in [0.5, 0.6) is 11.5 Å². The monoisotopic (exact) mass is 421 g/mol. The lowest BCUT2D eigenvalue weighted by molar-refractivity contribution is 0.171. The highest BCUT2D eigenvalue weighted by atomic mass is 32.2. The van der Waals surface area contributed by atoms with E-state index >= 15 is 0 Å². The summed E-state index contributed by atoms with van der Waals surface area (Å²) in [4.78, 5) is 4.53. The molecule has 4 aromatic rings. The molecule has 0 bridgehead atoms. The van der Waals surface area contributed by atoms with Crippen molar-refractivity contribution in [3.05, 3.63) is 84.8 Å². The van der Waals surface area contributed by atoms with Gasteiger partial charge in [-0.3, -0.25) is 4.31 Å². The zero-order valence-electron chi connectivity index (χ0n) is 16.0. The molecule has 0 N–H and O–H groups in total. The average Bonchev–Trinajstić information content (AvgIpc) is 3.20. The molecule has 0 fully saturated rings. The molecule has 0 amide bonds. The lowest BCUT2D eigenvalue weighted by atomic mass is 10.3. The van der Waals surface area contributed by atoms with E-state index in [1.54, 1.807) is 30.5 Å². The normalized spacial score (nSPS) is 13.3. The van der Waals surface area contributed by atoms with E-state index in [1.807, 2.05) is 47.0 Å². The van der Waals surface area contributed by atoms with Gasteiger partial charge in [0.05, 0.1) is 29.0 Å². The lowest BCUT2D eigenvalue weighted by Crippen LogP contribution is -2.31. The molecule has 3 heterocycles. The van der Waals surface area contributed by atoms with E-state index < -0.39 is 10.0 Å². The molecule has 0 spiro atoms. The average molecular weight is 421 g/mol. The van der Waals surface area contributed by atoms with Crippen molar-refractivity contribution in [3.8, 4) is 11.5 Å². The van der Waals surface area contributed by atoms with Gasteiger partial charge in [0.15, 0.2) is 11.5 Å². The van der Waals surface area contributed by atoms with Crippen molar-refractivity contribution in [2.24, 2.45) is 0 Å². The third-order valence-corrected chi connectivity index (χ3v) is 6.71. The molecule has 0 unspecified atom stereocenters. The van der Waals surface area contributed by atoms with Gasteiger partial charge in [-0.15, -0.1) is 0 Å². The summed E-state index contributed by atoms with van der Waals surface area (Å²) in [7, 11) is -3.88. The molecule has 0 atom stereocenters. The van der Waals surface area contributed by atoms with Crippen LogP contribution in [0.2, 0.25) is 0 Å². The fourth-order valence-electron chi connectivity index (χ4n) is 3.47. The SMILES string of the molecule is O=S(=O)(c1ccc2c(c1)OCCO2)N(Cc1cnc2ccccn12)c1ccccc1. The summed E-state index contributed by atoms with van der Waals surface area (Å²) in [5.41, 5.74) is 2.09.